The summed E-state index contributed by atoms with van der Waals surface area (Å²) in [5, 5.41) is 7.25. The monoisotopic (exact) mass is 778 g/mol. The predicted octanol–water partition coefficient (Wildman–Crippen LogP) is 14.2. The molecular weight excluding hydrogens is 737 g/mol. The lowest BCUT2D eigenvalue weighted by molar-refractivity contribution is 0.777. The number of nitrogens with zero attached hydrogens (tertiary/aromatic N) is 1. The van der Waals surface area contributed by atoms with Gasteiger partial charge in [0.2, 0.25) is 0 Å². The molecule has 0 heterocycles. The molecule has 2 heteroatoms. The van der Waals surface area contributed by atoms with Crippen LogP contribution in [0.15, 0.2) is 236 Å². The van der Waals surface area contributed by atoms with Crippen LogP contribution in [0.3, 0.4) is 0 Å². The number of allylic oxidation sites excluding steroid dienone is 1. The van der Waals surface area contributed by atoms with Gasteiger partial charge in [-0.15, -0.1) is 0 Å². The van der Waals surface area contributed by atoms with E-state index >= 15 is 0 Å². The number of nitrogens with two attached hydrogens (primary N) is 1. The molecule has 61 heavy (non-hydrogen) atoms. The largest absolute Gasteiger partial charge is 0.383 e. The molecule has 0 amide bonds. The molecule has 0 saturated carbocycles. The number of hydrogen-bond acceptors (Lipinski definition) is 1. The van der Waals surface area contributed by atoms with Gasteiger partial charge in [0.25, 0.3) is 0 Å². The molecule has 0 aliphatic heterocycles. The highest BCUT2D eigenvalue weighted by molar-refractivity contribution is 6.09. The molecule has 1 aliphatic carbocycles. The Hall–Kier alpha value is -7.81. The quantitative estimate of drug-likeness (QED) is 0.121. The molecular formula is C59H42N2. The highest BCUT2D eigenvalue weighted by Crippen LogP contribution is 2.60. The van der Waals surface area contributed by atoms with E-state index < -0.39 is 5.41 Å². The van der Waals surface area contributed by atoms with Crippen LogP contribution in [-0.4, -0.2) is 5.84 Å². The second kappa shape index (κ2) is 15.1. The highest BCUT2D eigenvalue weighted by Gasteiger charge is 2.48. The van der Waals surface area contributed by atoms with Crippen molar-refractivity contribution in [3.8, 4) is 22.3 Å². The van der Waals surface area contributed by atoms with Crippen molar-refractivity contribution in [2.24, 2.45) is 10.7 Å². The van der Waals surface area contributed by atoms with Gasteiger partial charge >= 0.3 is 0 Å². The summed E-state index contributed by atoms with van der Waals surface area (Å²) in [7, 11) is 0. The summed E-state index contributed by atoms with van der Waals surface area (Å²) < 4.78 is 0. The lowest BCUT2D eigenvalue weighted by Gasteiger charge is -2.36. The van der Waals surface area contributed by atoms with Crippen molar-refractivity contribution in [3.63, 3.8) is 0 Å². The predicted molar refractivity (Wildman–Crippen MR) is 257 cm³/mol. The minimum Gasteiger partial charge on any atom is -0.383 e. The maximum Gasteiger partial charge on any atom is 0.131 e. The molecule has 0 atom stereocenters. The molecule has 0 radical (unpaired) electrons. The van der Waals surface area contributed by atoms with E-state index in [1.165, 1.54) is 71.6 Å². The average Bonchev–Trinajstić information content (AvgIpc) is 3.65. The van der Waals surface area contributed by atoms with Gasteiger partial charge in [0.05, 0.1) is 11.1 Å². The van der Waals surface area contributed by atoms with Gasteiger partial charge < -0.3 is 5.73 Å². The Morgan fingerprint density at radius 2 is 0.967 bits per heavy atom. The number of aliphatic imine (C=N–C) groups is 1. The maximum absolute atomic E-state index is 6.83. The maximum atomic E-state index is 6.83. The van der Waals surface area contributed by atoms with E-state index in [2.05, 4.69) is 200 Å². The van der Waals surface area contributed by atoms with Crippen LogP contribution in [0.2, 0.25) is 0 Å². The molecule has 0 saturated heterocycles. The summed E-state index contributed by atoms with van der Waals surface area (Å²) in [6.07, 6.45) is 2.94. The molecule has 1 aliphatic rings. The minimum atomic E-state index is -0.593. The summed E-state index contributed by atoms with van der Waals surface area (Å²) >= 11 is 0. The first-order valence-electron chi connectivity index (χ1n) is 21.1. The zero-order valence-corrected chi connectivity index (χ0v) is 33.7. The van der Waals surface area contributed by atoms with Crippen LogP contribution in [0.1, 0.15) is 38.9 Å². The van der Waals surface area contributed by atoms with Crippen molar-refractivity contribution in [1.29, 1.82) is 0 Å². The fourth-order valence-corrected chi connectivity index (χ4v) is 9.91. The van der Waals surface area contributed by atoms with Gasteiger partial charge in [-0.25, -0.2) is 4.99 Å². The molecule has 0 fully saturated rings. The smallest absolute Gasteiger partial charge is 0.131 e. The molecule has 10 aromatic rings. The van der Waals surface area contributed by atoms with E-state index in [9.17, 15) is 0 Å². The van der Waals surface area contributed by atoms with Gasteiger partial charge in [0.1, 0.15) is 5.84 Å². The molecule has 0 aromatic heterocycles. The summed E-state index contributed by atoms with van der Waals surface area (Å²) in [6.45, 7) is 0. The second-order valence-corrected chi connectivity index (χ2v) is 16.0. The van der Waals surface area contributed by atoms with Gasteiger partial charge in [-0.3, -0.25) is 0 Å². The summed E-state index contributed by atoms with van der Waals surface area (Å²) in [5.41, 5.74) is 20.3. The molecule has 0 bridgehead atoms. The molecule has 2 N–H and O–H groups in total. The third-order valence-corrected chi connectivity index (χ3v) is 12.6. The Morgan fingerprint density at radius 1 is 0.426 bits per heavy atom. The Labute approximate surface area is 356 Å². The third kappa shape index (κ3) is 6.07. The lowest BCUT2D eigenvalue weighted by atomic mass is 9.65. The van der Waals surface area contributed by atoms with Gasteiger partial charge in [-0.05, 0) is 88.8 Å². The van der Waals surface area contributed by atoms with Gasteiger partial charge in [-0.1, -0.05) is 231 Å². The van der Waals surface area contributed by atoms with Crippen molar-refractivity contribution in [2.75, 3.05) is 0 Å². The topological polar surface area (TPSA) is 38.4 Å². The first-order valence-corrected chi connectivity index (χ1v) is 21.1. The number of fused-ring (bicyclic) bond motifs is 7. The van der Waals surface area contributed by atoms with Gasteiger partial charge in [0.15, 0.2) is 0 Å². The third-order valence-electron chi connectivity index (χ3n) is 12.6. The highest BCUT2D eigenvalue weighted by atomic mass is 14.9. The van der Waals surface area contributed by atoms with Crippen LogP contribution in [0, 0.1) is 0 Å². The second-order valence-electron chi connectivity index (χ2n) is 16.0. The SMILES string of the molecule is NC(=N/C(=C\Cc1ccc2ccccc2c1)c1ccc(-c2cccc3c2C(c2ccccc2)(c2ccccc2)c2c-3ccc3ccccc23)c2ccccc12)c1ccccc1. The fraction of sp³-hybridized carbons (Fsp3) is 0.0339. The van der Waals surface area contributed by atoms with Crippen molar-refractivity contribution in [1.82, 2.24) is 0 Å². The summed E-state index contributed by atoms with van der Waals surface area (Å²) in [4.78, 5) is 5.22. The first-order chi connectivity index (χ1) is 30.2. The normalized spacial score (nSPS) is 13.4. The van der Waals surface area contributed by atoms with Crippen molar-refractivity contribution < 1.29 is 0 Å². The van der Waals surface area contributed by atoms with Crippen LogP contribution >= 0.6 is 0 Å². The molecule has 288 valence electrons. The number of hydrogen-bond donors (Lipinski definition) is 1. The number of benzene rings is 10. The minimum absolute atomic E-state index is 0.486. The van der Waals surface area contributed by atoms with E-state index in [1.807, 2.05) is 30.3 Å². The average molecular weight is 779 g/mol. The van der Waals surface area contributed by atoms with Crippen molar-refractivity contribution in [2.45, 2.75) is 11.8 Å². The van der Waals surface area contributed by atoms with Crippen LogP contribution in [0.5, 0.6) is 0 Å². The molecule has 11 rings (SSSR count). The van der Waals surface area contributed by atoms with E-state index in [1.54, 1.807) is 0 Å². The Morgan fingerprint density at radius 3 is 1.69 bits per heavy atom. The van der Waals surface area contributed by atoms with Gasteiger partial charge in [-0.2, -0.15) is 0 Å². The van der Waals surface area contributed by atoms with Crippen molar-refractivity contribution >= 4 is 43.9 Å². The molecule has 0 spiro atoms. The lowest BCUT2D eigenvalue weighted by Crippen LogP contribution is -2.29. The van der Waals surface area contributed by atoms with E-state index in [0.717, 1.165) is 27.6 Å². The summed E-state index contributed by atoms with van der Waals surface area (Å²) in [6, 6.07) is 81.2. The zero-order chi connectivity index (χ0) is 40.8. The molecule has 10 aromatic carbocycles. The van der Waals surface area contributed by atoms with Crippen LogP contribution in [-0.2, 0) is 11.8 Å². The Bertz CT molecular complexity index is 3290. The van der Waals surface area contributed by atoms with Crippen LogP contribution in [0.4, 0.5) is 0 Å². The molecule has 0 unspecified atom stereocenters. The molecule has 2 nitrogen and oxygen atoms in total. The number of amidine groups is 1. The fourth-order valence-electron chi connectivity index (χ4n) is 9.91. The number of rotatable bonds is 8. The van der Waals surface area contributed by atoms with Crippen LogP contribution in [0.25, 0.3) is 60.3 Å². The van der Waals surface area contributed by atoms with Crippen molar-refractivity contribution in [3.05, 3.63) is 269 Å². The standard InChI is InChI=1S/C59H42N2/c60-58(43-19-4-1-5-20-43)61-55(38-32-40-31-33-41-17-10-11-21-44(41)39-40)51-37-36-50(48-27-14-15-28-49(48)51)52-29-16-30-53-54-35-34-42-18-12-13-26-47(42)56(54)59(57(52)53,45-22-6-2-7-23-45)46-24-8-3-9-25-46/h1-31,33-39H,32H2,(H2,60,61)/b55-38-. The summed E-state index contributed by atoms with van der Waals surface area (Å²) in [5.74, 6) is 0.486. The zero-order valence-electron chi connectivity index (χ0n) is 33.7. The van der Waals surface area contributed by atoms with Crippen LogP contribution < -0.4 is 5.73 Å². The van der Waals surface area contributed by atoms with E-state index in [0.29, 0.717) is 12.3 Å². The Balaban J connectivity index is 1.16. The van der Waals surface area contributed by atoms with E-state index in [-0.39, 0.29) is 0 Å². The first kappa shape index (κ1) is 36.3. The van der Waals surface area contributed by atoms with E-state index in [4.69, 9.17) is 10.7 Å². The Kier molecular flexibility index (Phi) is 8.98. The van der Waals surface area contributed by atoms with Gasteiger partial charge in [0, 0.05) is 11.1 Å².